The molecule has 0 unspecified atom stereocenters. The number of ether oxygens (including phenoxy) is 1. The Morgan fingerprint density at radius 1 is 1.07 bits per heavy atom. The van der Waals surface area contributed by atoms with Gasteiger partial charge in [-0.15, -0.1) is 11.3 Å². The molecule has 0 bridgehead atoms. The lowest BCUT2D eigenvalue weighted by Gasteiger charge is -2.09. The third-order valence-corrected chi connectivity index (χ3v) is 4.97. The second-order valence-electron chi connectivity index (χ2n) is 6.13. The molecule has 3 rings (SSSR count). The Kier molecular flexibility index (Phi) is 6.81. The summed E-state index contributed by atoms with van der Waals surface area (Å²) in [6.45, 7) is 0.424. The van der Waals surface area contributed by atoms with Crippen molar-refractivity contribution in [2.45, 2.75) is 19.4 Å². The summed E-state index contributed by atoms with van der Waals surface area (Å²) in [7, 11) is 1.54. The van der Waals surface area contributed by atoms with Crippen molar-refractivity contribution in [1.82, 2.24) is 0 Å². The van der Waals surface area contributed by atoms with Gasteiger partial charge in [0.05, 0.1) is 4.88 Å². The van der Waals surface area contributed by atoms with Gasteiger partial charge in [-0.2, -0.15) is 0 Å². The van der Waals surface area contributed by atoms with Crippen LogP contribution in [0.1, 0.15) is 28.0 Å². The minimum absolute atomic E-state index is 0.128. The number of nitrogens with zero attached hydrogens (tertiary/aromatic N) is 1. The molecule has 28 heavy (non-hydrogen) atoms. The van der Waals surface area contributed by atoms with E-state index < -0.39 is 5.97 Å². The Morgan fingerprint density at radius 2 is 1.89 bits per heavy atom. The van der Waals surface area contributed by atoms with Crippen LogP contribution in [0.3, 0.4) is 0 Å². The van der Waals surface area contributed by atoms with E-state index in [9.17, 15) is 4.79 Å². The number of hydrogen-bond acceptors (Lipinski definition) is 5. The minimum Gasteiger partial charge on any atom is -0.489 e. The van der Waals surface area contributed by atoms with Crippen LogP contribution in [-0.4, -0.2) is 23.9 Å². The third-order valence-electron chi connectivity index (χ3n) is 4.09. The molecule has 0 saturated carbocycles. The highest BCUT2D eigenvalue weighted by Gasteiger charge is 2.10. The van der Waals surface area contributed by atoms with E-state index in [1.54, 1.807) is 18.4 Å². The number of benzene rings is 2. The number of thiophene rings is 1. The monoisotopic (exact) mass is 395 g/mol. The van der Waals surface area contributed by atoms with Crippen LogP contribution in [0, 0.1) is 0 Å². The molecule has 1 heterocycles. The molecule has 0 aliphatic heterocycles. The average Bonchev–Trinajstić information content (AvgIpc) is 3.24. The Labute approximate surface area is 167 Å². The minimum atomic E-state index is -0.792. The molecule has 0 saturated heterocycles. The molecule has 1 aromatic heterocycles. The number of aryl methyl sites for hydroxylation is 1. The van der Waals surface area contributed by atoms with Crippen LogP contribution >= 0.6 is 11.3 Å². The Hall–Kier alpha value is -3.12. The molecule has 2 aromatic carbocycles. The first-order valence-corrected chi connectivity index (χ1v) is 9.71. The molecular weight excluding hydrogens is 374 g/mol. The molecule has 1 N–H and O–H groups in total. The van der Waals surface area contributed by atoms with Crippen molar-refractivity contribution in [1.29, 1.82) is 0 Å². The van der Waals surface area contributed by atoms with Gasteiger partial charge in [-0.25, -0.2) is 0 Å². The molecule has 5 nitrogen and oxygen atoms in total. The van der Waals surface area contributed by atoms with Crippen LogP contribution in [0.2, 0.25) is 0 Å². The maximum atomic E-state index is 10.7. The topological polar surface area (TPSA) is 68.1 Å². The fourth-order valence-corrected chi connectivity index (χ4v) is 3.45. The summed E-state index contributed by atoms with van der Waals surface area (Å²) in [4.78, 5) is 16.7. The highest BCUT2D eigenvalue weighted by atomic mass is 32.1. The zero-order valence-corrected chi connectivity index (χ0v) is 16.3. The zero-order valence-electron chi connectivity index (χ0n) is 15.5. The summed E-state index contributed by atoms with van der Waals surface area (Å²) in [6.07, 6.45) is 0.643. The zero-order chi connectivity index (χ0) is 19.8. The van der Waals surface area contributed by atoms with E-state index in [1.807, 2.05) is 66.0 Å². The predicted molar refractivity (Wildman–Crippen MR) is 110 cm³/mol. The molecule has 0 fully saturated rings. The van der Waals surface area contributed by atoms with Crippen molar-refractivity contribution in [3.05, 3.63) is 87.6 Å². The normalized spacial score (nSPS) is 11.2. The van der Waals surface area contributed by atoms with Gasteiger partial charge in [0.1, 0.15) is 25.2 Å². The summed E-state index contributed by atoms with van der Waals surface area (Å²) in [6, 6.07) is 19.5. The van der Waals surface area contributed by atoms with E-state index in [1.165, 1.54) is 0 Å². The van der Waals surface area contributed by atoms with Gasteiger partial charge in [-0.05, 0) is 47.2 Å². The second-order valence-corrected chi connectivity index (χ2v) is 7.07. The second kappa shape index (κ2) is 9.71. The van der Waals surface area contributed by atoms with Gasteiger partial charge in [0.2, 0.25) is 0 Å². The predicted octanol–water partition coefficient (Wildman–Crippen LogP) is 4.74. The molecule has 3 aromatic rings. The van der Waals surface area contributed by atoms with Crippen molar-refractivity contribution >= 4 is 23.0 Å². The maximum Gasteiger partial charge on any atom is 0.303 e. The van der Waals surface area contributed by atoms with E-state index in [2.05, 4.69) is 5.16 Å². The molecule has 6 heteroatoms. The molecule has 144 valence electrons. The highest BCUT2D eigenvalue weighted by Crippen LogP contribution is 2.19. The molecule has 0 amide bonds. The summed E-state index contributed by atoms with van der Waals surface area (Å²) < 4.78 is 5.87. The van der Waals surface area contributed by atoms with Gasteiger partial charge < -0.3 is 14.7 Å². The summed E-state index contributed by atoms with van der Waals surface area (Å²) >= 11 is 1.61. The van der Waals surface area contributed by atoms with Crippen LogP contribution < -0.4 is 4.74 Å². The van der Waals surface area contributed by atoms with E-state index in [0.717, 1.165) is 33.0 Å². The molecule has 0 spiro atoms. The van der Waals surface area contributed by atoms with E-state index >= 15 is 0 Å². The van der Waals surface area contributed by atoms with Crippen molar-refractivity contribution in [3.63, 3.8) is 0 Å². The van der Waals surface area contributed by atoms with Crippen molar-refractivity contribution < 1.29 is 19.5 Å². The van der Waals surface area contributed by atoms with Crippen LogP contribution in [-0.2, 0) is 22.7 Å². The van der Waals surface area contributed by atoms with Crippen LogP contribution in [0.15, 0.2) is 71.2 Å². The van der Waals surface area contributed by atoms with E-state index in [4.69, 9.17) is 14.7 Å². The van der Waals surface area contributed by atoms with Gasteiger partial charge in [-0.3, -0.25) is 4.79 Å². The molecule has 0 aliphatic rings. The number of carboxylic acid groups (broad SMARTS) is 1. The van der Waals surface area contributed by atoms with Crippen LogP contribution in [0.25, 0.3) is 0 Å². The third kappa shape index (κ3) is 5.44. The lowest BCUT2D eigenvalue weighted by atomic mass is 10.1. The Balaban J connectivity index is 1.66. The summed E-state index contributed by atoms with van der Waals surface area (Å²) in [5, 5.41) is 14.9. The Bertz CT molecular complexity index is 933. The van der Waals surface area contributed by atoms with Crippen molar-refractivity contribution in [2.75, 3.05) is 7.11 Å². The van der Waals surface area contributed by atoms with E-state index in [0.29, 0.717) is 13.0 Å². The Morgan fingerprint density at radius 3 is 2.57 bits per heavy atom. The van der Waals surface area contributed by atoms with Gasteiger partial charge in [0.25, 0.3) is 0 Å². The quantitative estimate of drug-likeness (QED) is 0.420. The number of carbonyl (C=O) groups is 1. The smallest absolute Gasteiger partial charge is 0.303 e. The number of aliphatic carboxylic acids is 1. The fourth-order valence-electron chi connectivity index (χ4n) is 2.72. The SMILES string of the molecule is CO/N=C(\c1cccc(COc2ccc(CCC(=O)O)cc2)c1)c1cccs1. The standard InChI is InChI=1S/C22H21NO4S/c1-26-23-22(20-6-3-13-28-20)18-5-2-4-17(14-18)15-27-19-10-7-16(8-11-19)9-12-21(24)25/h2-8,10-11,13-14H,9,12,15H2,1H3,(H,24,25)/b23-22+. The van der Waals surface area contributed by atoms with Crippen molar-refractivity contribution in [3.8, 4) is 5.75 Å². The molecule has 0 radical (unpaired) electrons. The molecule has 0 atom stereocenters. The van der Waals surface area contributed by atoms with Crippen LogP contribution in [0.4, 0.5) is 0 Å². The van der Waals surface area contributed by atoms with Gasteiger partial charge in [-0.1, -0.05) is 41.6 Å². The van der Waals surface area contributed by atoms with Crippen LogP contribution in [0.5, 0.6) is 5.75 Å². The highest BCUT2D eigenvalue weighted by molar-refractivity contribution is 7.12. The molecule has 0 aliphatic carbocycles. The summed E-state index contributed by atoms with van der Waals surface area (Å²) in [5.41, 5.74) is 3.76. The lowest BCUT2D eigenvalue weighted by Crippen LogP contribution is -2.04. The largest absolute Gasteiger partial charge is 0.489 e. The lowest BCUT2D eigenvalue weighted by molar-refractivity contribution is -0.136. The number of rotatable bonds is 9. The van der Waals surface area contributed by atoms with Crippen molar-refractivity contribution in [2.24, 2.45) is 5.16 Å². The summed E-state index contributed by atoms with van der Waals surface area (Å²) in [5.74, 6) is -0.0485. The first kappa shape index (κ1) is 19.6. The fraction of sp³-hybridized carbons (Fsp3) is 0.182. The first-order valence-electron chi connectivity index (χ1n) is 8.83. The van der Waals surface area contributed by atoms with Gasteiger partial charge in [0, 0.05) is 12.0 Å². The maximum absolute atomic E-state index is 10.7. The van der Waals surface area contributed by atoms with E-state index in [-0.39, 0.29) is 6.42 Å². The van der Waals surface area contributed by atoms with Gasteiger partial charge >= 0.3 is 5.97 Å². The number of carboxylic acids is 1. The number of hydrogen-bond donors (Lipinski definition) is 1. The first-order chi connectivity index (χ1) is 13.7. The van der Waals surface area contributed by atoms with Gasteiger partial charge in [0.15, 0.2) is 0 Å². The molecular formula is C22H21NO4S. The average molecular weight is 395 g/mol. The number of oxime groups is 1.